The van der Waals surface area contributed by atoms with Gasteiger partial charge in [-0.3, -0.25) is 0 Å². The third kappa shape index (κ3) is 2.91. The summed E-state index contributed by atoms with van der Waals surface area (Å²) in [6, 6.07) is 10.6. The summed E-state index contributed by atoms with van der Waals surface area (Å²) in [6.07, 6.45) is 2.32. The second-order valence-electron chi connectivity index (χ2n) is 5.73. The number of hydrogen-bond donors (Lipinski definition) is 3. The summed E-state index contributed by atoms with van der Waals surface area (Å²) < 4.78 is 0. The molecule has 3 nitrogen and oxygen atoms in total. The van der Waals surface area contributed by atoms with Gasteiger partial charge in [0.15, 0.2) is 0 Å². The molecule has 3 heteroatoms. The van der Waals surface area contributed by atoms with Crippen LogP contribution in [0.3, 0.4) is 0 Å². The van der Waals surface area contributed by atoms with Crippen LogP contribution in [0, 0.1) is 0 Å². The fraction of sp³-hybridized carbons (Fsp3) is 0.600. The number of rotatable bonds is 3. The lowest BCUT2D eigenvalue weighted by Crippen LogP contribution is -2.54. The molecule has 4 N–H and O–H groups in total. The van der Waals surface area contributed by atoms with Gasteiger partial charge < -0.3 is 16.2 Å². The van der Waals surface area contributed by atoms with E-state index in [1.54, 1.807) is 0 Å². The quantitative estimate of drug-likeness (QED) is 0.764. The third-order valence-corrected chi connectivity index (χ3v) is 3.82. The van der Waals surface area contributed by atoms with E-state index >= 15 is 0 Å². The van der Waals surface area contributed by atoms with Gasteiger partial charge in [0.2, 0.25) is 0 Å². The third-order valence-electron chi connectivity index (χ3n) is 3.82. The van der Waals surface area contributed by atoms with E-state index in [9.17, 15) is 5.11 Å². The predicted molar refractivity (Wildman–Crippen MR) is 74.2 cm³/mol. The molecule has 0 spiro atoms. The Balaban J connectivity index is 2.07. The molecule has 0 aromatic heterocycles. The first kappa shape index (κ1) is 13.5. The van der Waals surface area contributed by atoms with Crippen molar-refractivity contribution in [2.45, 2.75) is 56.8 Å². The maximum atomic E-state index is 10.8. The summed E-state index contributed by atoms with van der Waals surface area (Å²) in [4.78, 5) is 0. The maximum Gasteiger partial charge on any atom is 0.0912 e. The van der Waals surface area contributed by atoms with Crippen LogP contribution in [0.15, 0.2) is 30.3 Å². The van der Waals surface area contributed by atoms with E-state index in [4.69, 9.17) is 5.73 Å². The van der Waals surface area contributed by atoms with Crippen molar-refractivity contribution in [3.63, 3.8) is 0 Å². The summed E-state index contributed by atoms with van der Waals surface area (Å²) in [6.45, 7) is 4.26. The Hall–Kier alpha value is -0.900. The molecule has 0 radical (unpaired) electrons. The van der Waals surface area contributed by atoms with Gasteiger partial charge in [-0.2, -0.15) is 0 Å². The van der Waals surface area contributed by atoms with Crippen molar-refractivity contribution in [2.75, 3.05) is 0 Å². The molecule has 0 aliphatic heterocycles. The minimum Gasteiger partial charge on any atom is -0.385 e. The minimum absolute atomic E-state index is 0.00589. The van der Waals surface area contributed by atoms with Gasteiger partial charge in [0.05, 0.1) is 5.60 Å². The molecule has 1 fully saturated rings. The van der Waals surface area contributed by atoms with Gasteiger partial charge in [-0.05, 0) is 24.8 Å². The molecule has 1 aromatic carbocycles. The first-order chi connectivity index (χ1) is 8.51. The molecule has 18 heavy (non-hydrogen) atoms. The van der Waals surface area contributed by atoms with E-state index in [1.165, 1.54) is 0 Å². The summed E-state index contributed by atoms with van der Waals surface area (Å²) in [5.41, 5.74) is 6.45. The molecule has 0 saturated heterocycles. The zero-order chi connectivity index (χ0) is 13.2. The molecule has 0 bridgehead atoms. The van der Waals surface area contributed by atoms with Gasteiger partial charge in [-0.15, -0.1) is 0 Å². The van der Waals surface area contributed by atoms with Crippen molar-refractivity contribution in [1.82, 2.24) is 5.32 Å². The lowest BCUT2D eigenvalue weighted by molar-refractivity contribution is -0.0167. The normalized spacial score (nSPS) is 32.7. The summed E-state index contributed by atoms with van der Waals surface area (Å²) in [7, 11) is 0. The molecular formula is C15H24N2O. The van der Waals surface area contributed by atoms with Crippen LogP contribution in [0.2, 0.25) is 0 Å². The number of aliphatic hydroxyl groups is 1. The zero-order valence-electron chi connectivity index (χ0n) is 11.3. The highest BCUT2D eigenvalue weighted by atomic mass is 16.3. The monoisotopic (exact) mass is 248 g/mol. The topological polar surface area (TPSA) is 58.3 Å². The van der Waals surface area contributed by atoms with Crippen LogP contribution in [0.5, 0.6) is 0 Å². The van der Waals surface area contributed by atoms with Gasteiger partial charge in [-0.1, -0.05) is 44.2 Å². The highest BCUT2D eigenvalue weighted by molar-refractivity contribution is 5.23. The second-order valence-corrected chi connectivity index (χ2v) is 5.73. The van der Waals surface area contributed by atoms with E-state index in [0.717, 1.165) is 18.4 Å². The first-order valence-corrected chi connectivity index (χ1v) is 6.81. The van der Waals surface area contributed by atoms with Crippen molar-refractivity contribution in [1.29, 1.82) is 0 Å². The van der Waals surface area contributed by atoms with Crippen LogP contribution in [0.4, 0.5) is 0 Å². The number of nitrogens with two attached hydrogens (primary N) is 1. The van der Waals surface area contributed by atoms with Gasteiger partial charge >= 0.3 is 0 Å². The van der Waals surface area contributed by atoms with Gasteiger partial charge in [0.25, 0.3) is 0 Å². The minimum atomic E-state index is -0.754. The second kappa shape index (κ2) is 5.39. The van der Waals surface area contributed by atoms with E-state index in [-0.39, 0.29) is 6.04 Å². The molecule has 0 amide bonds. The highest BCUT2D eigenvalue weighted by Crippen LogP contribution is 2.36. The zero-order valence-corrected chi connectivity index (χ0v) is 11.3. The van der Waals surface area contributed by atoms with Crippen LogP contribution in [0.1, 0.15) is 38.7 Å². The lowest BCUT2D eigenvalue weighted by Gasteiger charge is -2.41. The van der Waals surface area contributed by atoms with E-state index in [0.29, 0.717) is 18.5 Å². The molecule has 1 aliphatic rings. The summed E-state index contributed by atoms with van der Waals surface area (Å²) >= 11 is 0. The molecule has 2 rings (SSSR count). The Bertz CT molecular complexity index is 379. The van der Waals surface area contributed by atoms with Crippen molar-refractivity contribution in [3.05, 3.63) is 35.9 Å². The largest absolute Gasteiger partial charge is 0.385 e. The molecule has 1 aliphatic carbocycles. The molecule has 0 heterocycles. The van der Waals surface area contributed by atoms with Crippen molar-refractivity contribution in [2.24, 2.45) is 5.73 Å². The summed E-state index contributed by atoms with van der Waals surface area (Å²) in [5.74, 6) is 0. The van der Waals surface area contributed by atoms with Crippen LogP contribution >= 0.6 is 0 Å². The van der Waals surface area contributed by atoms with Gasteiger partial charge in [0.1, 0.15) is 0 Å². The average molecular weight is 248 g/mol. The fourth-order valence-corrected chi connectivity index (χ4v) is 2.89. The van der Waals surface area contributed by atoms with E-state index in [2.05, 4.69) is 19.2 Å². The Morgan fingerprint density at radius 3 is 2.56 bits per heavy atom. The Morgan fingerprint density at radius 2 is 2.00 bits per heavy atom. The Labute approximate surface area is 109 Å². The van der Waals surface area contributed by atoms with Crippen molar-refractivity contribution >= 4 is 0 Å². The molecule has 3 atom stereocenters. The van der Waals surface area contributed by atoms with Crippen LogP contribution in [-0.2, 0) is 5.60 Å². The Kier molecular flexibility index (Phi) is 4.05. The molecule has 1 aromatic rings. The predicted octanol–water partition coefficient (Wildman–Crippen LogP) is 1.75. The number of benzene rings is 1. The fourth-order valence-electron chi connectivity index (χ4n) is 2.89. The SMILES string of the molecule is CC(C)NC1CCC(O)(c2ccccc2)CC1N. The standard InChI is InChI=1S/C15H24N2O/c1-11(2)17-14-8-9-15(18,10-13(14)16)12-6-4-3-5-7-12/h3-7,11,13-14,17-18H,8-10,16H2,1-2H3. The average Bonchev–Trinajstić information content (AvgIpc) is 2.34. The first-order valence-electron chi connectivity index (χ1n) is 6.81. The van der Waals surface area contributed by atoms with E-state index < -0.39 is 5.60 Å². The van der Waals surface area contributed by atoms with Gasteiger partial charge in [0, 0.05) is 18.1 Å². The number of hydrogen-bond acceptors (Lipinski definition) is 3. The molecule has 1 saturated carbocycles. The lowest BCUT2D eigenvalue weighted by atomic mass is 9.75. The molecule has 3 unspecified atom stereocenters. The number of nitrogens with one attached hydrogen (secondary N) is 1. The maximum absolute atomic E-state index is 10.8. The van der Waals surface area contributed by atoms with Crippen LogP contribution in [-0.4, -0.2) is 23.2 Å². The van der Waals surface area contributed by atoms with E-state index in [1.807, 2.05) is 30.3 Å². The Morgan fingerprint density at radius 1 is 1.33 bits per heavy atom. The van der Waals surface area contributed by atoms with Crippen LogP contribution in [0.25, 0.3) is 0 Å². The highest BCUT2D eigenvalue weighted by Gasteiger charge is 2.39. The van der Waals surface area contributed by atoms with Gasteiger partial charge in [-0.25, -0.2) is 0 Å². The van der Waals surface area contributed by atoms with Crippen molar-refractivity contribution in [3.8, 4) is 0 Å². The molecular weight excluding hydrogens is 224 g/mol. The molecule has 100 valence electrons. The summed E-state index contributed by atoms with van der Waals surface area (Å²) in [5, 5.41) is 14.2. The smallest absolute Gasteiger partial charge is 0.0912 e. The van der Waals surface area contributed by atoms with Crippen molar-refractivity contribution < 1.29 is 5.11 Å². The van der Waals surface area contributed by atoms with Crippen LogP contribution < -0.4 is 11.1 Å².